The zero-order valence-corrected chi connectivity index (χ0v) is 15.1. The molecule has 0 aromatic carbocycles. The Morgan fingerprint density at radius 3 is 2.75 bits per heavy atom. The Morgan fingerprint density at radius 2 is 2.04 bits per heavy atom. The largest absolute Gasteiger partial charge is 0.493 e. The highest BCUT2D eigenvalue weighted by Crippen LogP contribution is 2.33. The SMILES string of the molecule is COc1ccnc(CSc2nnc(C3CCNCC3)n2C)c1OC. The number of hydrogen-bond acceptors (Lipinski definition) is 7. The summed E-state index contributed by atoms with van der Waals surface area (Å²) in [6.45, 7) is 2.09. The van der Waals surface area contributed by atoms with E-state index in [4.69, 9.17) is 9.47 Å². The molecule has 2 aromatic heterocycles. The van der Waals surface area contributed by atoms with E-state index in [2.05, 4.69) is 25.1 Å². The number of pyridine rings is 1. The molecule has 0 aliphatic carbocycles. The third kappa shape index (κ3) is 3.49. The van der Waals surface area contributed by atoms with Crippen LogP contribution in [0.25, 0.3) is 0 Å². The molecular formula is C16H23N5O2S. The van der Waals surface area contributed by atoms with Crippen LogP contribution in [-0.2, 0) is 12.8 Å². The van der Waals surface area contributed by atoms with Crippen LogP contribution in [-0.4, -0.2) is 47.1 Å². The summed E-state index contributed by atoms with van der Waals surface area (Å²) in [6.07, 6.45) is 3.96. The number of aromatic nitrogens is 4. The first-order chi connectivity index (χ1) is 11.7. The van der Waals surface area contributed by atoms with Crippen LogP contribution in [0.4, 0.5) is 0 Å². The van der Waals surface area contributed by atoms with Crippen molar-refractivity contribution in [3.05, 3.63) is 23.8 Å². The Hall–Kier alpha value is -1.80. The fourth-order valence-corrected chi connectivity index (χ4v) is 3.83. The summed E-state index contributed by atoms with van der Waals surface area (Å²) in [4.78, 5) is 4.41. The summed E-state index contributed by atoms with van der Waals surface area (Å²) >= 11 is 1.61. The molecule has 1 saturated heterocycles. The molecule has 0 saturated carbocycles. The molecule has 0 atom stereocenters. The van der Waals surface area contributed by atoms with Crippen molar-refractivity contribution in [2.45, 2.75) is 29.7 Å². The third-order valence-electron chi connectivity index (χ3n) is 4.28. The van der Waals surface area contributed by atoms with Gasteiger partial charge in [0.2, 0.25) is 0 Å². The summed E-state index contributed by atoms with van der Waals surface area (Å²) in [7, 11) is 5.30. The van der Waals surface area contributed by atoms with Gasteiger partial charge in [0.1, 0.15) is 5.82 Å². The van der Waals surface area contributed by atoms with E-state index in [9.17, 15) is 0 Å². The maximum atomic E-state index is 5.44. The molecule has 0 spiro atoms. The van der Waals surface area contributed by atoms with Crippen LogP contribution < -0.4 is 14.8 Å². The van der Waals surface area contributed by atoms with Gasteiger partial charge in [0.15, 0.2) is 16.7 Å². The van der Waals surface area contributed by atoms with Crippen molar-refractivity contribution in [2.24, 2.45) is 7.05 Å². The van der Waals surface area contributed by atoms with Gasteiger partial charge in [-0.1, -0.05) is 11.8 Å². The van der Waals surface area contributed by atoms with Gasteiger partial charge >= 0.3 is 0 Å². The lowest BCUT2D eigenvalue weighted by Gasteiger charge is -2.21. The second-order valence-electron chi connectivity index (χ2n) is 5.71. The Morgan fingerprint density at radius 1 is 1.25 bits per heavy atom. The number of piperidine rings is 1. The molecule has 1 N–H and O–H groups in total. The first-order valence-electron chi connectivity index (χ1n) is 8.03. The van der Waals surface area contributed by atoms with Crippen LogP contribution in [0.3, 0.4) is 0 Å². The lowest BCUT2D eigenvalue weighted by Crippen LogP contribution is -2.27. The molecular weight excluding hydrogens is 326 g/mol. The summed E-state index contributed by atoms with van der Waals surface area (Å²) in [6, 6.07) is 1.80. The molecule has 8 heteroatoms. The monoisotopic (exact) mass is 349 g/mol. The van der Waals surface area contributed by atoms with E-state index >= 15 is 0 Å². The maximum Gasteiger partial charge on any atom is 0.191 e. The summed E-state index contributed by atoms with van der Waals surface area (Å²) in [5, 5.41) is 13.1. The van der Waals surface area contributed by atoms with Gasteiger partial charge in [-0.3, -0.25) is 4.98 Å². The average Bonchev–Trinajstić information content (AvgIpc) is 3.00. The zero-order valence-electron chi connectivity index (χ0n) is 14.3. The van der Waals surface area contributed by atoms with Crippen molar-refractivity contribution in [3.63, 3.8) is 0 Å². The number of methoxy groups -OCH3 is 2. The van der Waals surface area contributed by atoms with Gasteiger partial charge in [-0.25, -0.2) is 0 Å². The molecule has 3 heterocycles. The quantitative estimate of drug-likeness (QED) is 0.799. The van der Waals surface area contributed by atoms with Crippen molar-refractivity contribution >= 4 is 11.8 Å². The number of nitrogens with one attached hydrogen (secondary N) is 1. The van der Waals surface area contributed by atoms with Crippen molar-refractivity contribution < 1.29 is 9.47 Å². The smallest absolute Gasteiger partial charge is 0.191 e. The van der Waals surface area contributed by atoms with E-state index in [1.165, 1.54) is 0 Å². The van der Waals surface area contributed by atoms with Crippen LogP contribution in [0.2, 0.25) is 0 Å². The summed E-state index contributed by atoms with van der Waals surface area (Å²) in [5.74, 6) is 3.58. The first-order valence-corrected chi connectivity index (χ1v) is 9.01. The molecule has 0 amide bonds. The predicted octanol–water partition coefficient (Wildman–Crippen LogP) is 1.99. The third-order valence-corrected chi connectivity index (χ3v) is 5.31. The van der Waals surface area contributed by atoms with Crippen molar-refractivity contribution in [3.8, 4) is 11.5 Å². The van der Waals surface area contributed by atoms with Crippen molar-refractivity contribution in [1.82, 2.24) is 25.1 Å². The highest BCUT2D eigenvalue weighted by atomic mass is 32.2. The molecule has 130 valence electrons. The number of thioether (sulfide) groups is 1. The Labute approximate surface area is 146 Å². The normalized spacial score (nSPS) is 15.5. The Balaban J connectivity index is 1.72. The second-order valence-corrected chi connectivity index (χ2v) is 6.65. The number of nitrogens with zero attached hydrogens (tertiary/aromatic N) is 4. The fourth-order valence-electron chi connectivity index (χ4n) is 2.97. The van der Waals surface area contributed by atoms with E-state index in [0.717, 1.165) is 42.6 Å². The molecule has 24 heavy (non-hydrogen) atoms. The standard InChI is InChI=1S/C16H23N5O2S/c1-21-15(11-4-7-17-8-5-11)19-20-16(21)24-10-12-14(23-3)13(22-2)6-9-18-12/h6,9,11,17H,4-5,7-8,10H2,1-3H3. The van der Waals surface area contributed by atoms with Gasteiger partial charge in [-0.2, -0.15) is 0 Å². The van der Waals surface area contributed by atoms with Crippen molar-refractivity contribution in [2.75, 3.05) is 27.3 Å². The average molecular weight is 349 g/mol. The Bertz CT molecular complexity index is 685. The van der Waals surface area contributed by atoms with Crippen LogP contribution in [0.15, 0.2) is 17.4 Å². The van der Waals surface area contributed by atoms with Crippen LogP contribution in [0.1, 0.15) is 30.3 Å². The van der Waals surface area contributed by atoms with Crippen molar-refractivity contribution in [1.29, 1.82) is 0 Å². The molecule has 0 unspecified atom stereocenters. The van der Waals surface area contributed by atoms with Crippen LogP contribution in [0.5, 0.6) is 11.5 Å². The van der Waals surface area contributed by atoms with Gasteiger partial charge < -0.3 is 19.4 Å². The maximum absolute atomic E-state index is 5.44. The summed E-state index contributed by atoms with van der Waals surface area (Å²) < 4.78 is 12.9. The minimum atomic E-state index is 0.489. The topological polar surface area (TPSA) is 74.1 Å². The van der Waals surface area contributed by atoms with E-state index in [1.54, 1.807) is 38.2 Å². The minimum absolute atomic E-state index is 0.489. The van der Waals surface area contributed by atoms with Crippen LogP contribution in [0, 0.1) is 0 Å². The number of ether oxygens (including phenoxy) is 2. The number of hydrogen-bond donors (Lipinski definition) is 1. The van der Waals surface area contributed by atoms with Gasteiger partial charge in [0.25, 0.3) is 0 Å². The number of rotatable bonds is 6. The van der Waals surface area contributed by atoms with Gasteiger partial charge in [0, 0.05) is 31.0 Å². The zero-order chi connectivity index (χ0) is 16.9. The highest BCUT2D eigenvalue weighted by molar-refractivity contribution is 7.98. The Kier molecular flexibility index (Phi) is 5.57. The van der Waals surface area contributed by atoms with Gasteiger partial charge in [-0.15, -0.1) is 10.2 Å². The molecule has 3 rings (SSSR count). The van der Waals surface area contributed by atoms with E-state index in [1.807, 2.05) is 7.05 Å². The molecule has 1 fully saturated rings. The van der Waals surface area contributed by atoms with Crippen LogP contribution >= 0.6 is 11.8 Å². The first kappa shape index (κ1) is 17.0. The molecule has 1 aliphatic rings. The van der Waals surface area contributed by atoms with E-state index in [0.29, 0.717) is 23.2 Å². The predicted molar refractivity (Wildman–Crippen MR) is 92.7 cm³/mol. The second kappa shape index (κ2) is 7.85. The molecule has 0 bridgehead atoms. The lowest BCUT2D eigenvalue weighted by atomic mass is 9.97. The molecule has 1 aliphatic heterocycles. The van der Waals surface area contributed by atoms with E-state index < -0.39 is 0 Å². The summed E-state index contributed by atoms with van der Waals surface area (Å²) in [5.41, 5.74) is 0.841. The lowest BCUT2D eigenvalue weighted by molar-refractivity contribution is 0.350. The van der Waals surface area contributed by atoms with E-state index in [-0.39, 0.29) is 0 Å². The van der Waals surface area contributed by atoms with Gasteiger partial charge in [-0.05, 0) is 25.9 Å². The minimum Gasteiger partial charge on any atom is -0.493 e. The highest BCUT2D eigenvalue weighted by Gasteiger charge is 2.22. The molecule has 0 radical (unpaired) electrons. The molecule has 2 aromatic rings. The van der Waals surface area contributed by atoms with Gasteiger partial charge in [0.05, 0.1) is 19.9 Å². The fraction of sp³-hybridized carbons (Fsp3) is 0.562. The molecule has 7 nitrogen and oxygen atoms in total.